The first kappa shape index (κ1) is 15.4. The first-order valence-electron chi connectivity index (χ1n) is 6.00. The van der Waals surface area contributed by atoms with Crippen molar-refractivity contribution in [2.24, 2.45) is 0 Å². The Morgan fingerprint density at radius 2 is 1.67 bits per heavy atom. The Kier molecular flexibility index (Phi) is 4.57. The van der Waals surface area contributed by atoms with E-state index < -0.39 is 23.1 Å². The van der Waals surface area contributed by atoms with Gasteiger partial charge in [0, 0.05) is 17.2 Å². The van der Waals surface area contributed by atoms with E-state index in [1.807, 2.05) is 0 Å². The molecule has 0 aliphatic carbocycles. The second-order valence-corrected chi connectivity index (χ2v) is 5.22. The molecule has 21 heavy (non-hydrogen) atoms. The minimum atomic E-state index is -0.910. The Bertz CT molecular complexity index is 651. The molecule has 0 saturated heterocycles. The topological polar surface area (TPSA) is 29.5 Å². The summed E-state index contributed by atoms with van der Waals surface area (Å²) in [6.07, 6.45) is 0. The molecule has 110 valence electrons. The summed E-state index contributed by atoms with van der Waals surface area (Å²) >= 11 is 2.98. The smallest absolute Gasteiger partial charge is 0.263 e. The van der Waals surface area contributed by atoms with Crippen LogP contribution in [0.4, 0.5) is 14.5 Å². The van der Waals surface area contributed by atoms with Crippen LogP contribution in [0.2, 0.25) is 0 Å². The summed E-state index contributed by atoms with van der Waals surface area (Å²) in [5.74, 6) is -1.96. The van der Waals surface area contributed by atoms with Crippen LogP contribution in [0.25, 0.3) is 0 Å². The van der Waals surface area contributed by atoms with Gasteiger partial charge in [-0.2, -0.15) is 0 Å². The number of carbonyl (C=O) groups is 1. The molecule has 0 fully saturated rings. The molecule has 0 unspecified atom stereocenters. The highest BCUT2D eigenvalue weighted by Gasteiger charge is 2.22. The van der Waals surface area contributed by atoms with Gasteiger partial charge in [-0.1, -0.05) is 15.9 Å². The zero-order valence-electron chi connectivity index (χ0n) is 11.4. The average Bonchev–Trinajstić information content (AvgIpc) is 2.45. The van der Waals surface area contributed by atoms with Crippen LogP contribution in [-0.4, -0.2) is 20.1 Å². The van der Waals surface area contributed by atoms with Gasteiger partial charge in [0.1, 0.15) is 22.9 Å². The highest BCUT2D eigenvalue weighted by Crippen LogP contribution is 2.24. The average molecular weight is 356 g/mol. The number of rotatable bonds is 3. The maximum absolute atomic E-state index is 13.8. The van der Waals surface area contributed by atoms with Gasteiger partial charge in [-0.25, -0.2) is 8.78 Å². The van der Waals surface area contributed by atoms with Crippen molar-refractivity contribution in [3.8, 4) is 5.75 Å². The number of amides is 1. The van der Waals surface area contributed by atoms with Gasteiger partial charge in [0.2, 0.25) is 0 Å². The minimum Gasteiger partial charge on any atom is -0.497 e. The maximum atomic E-state index is 13.8. The van der Waals surface area contributed by atoms with Crippen LogP contribution in [0.3, 0.4) is 0 Å². The number of methoxy groups -OCH3 is 1. The molecule has 6 heteroatoms. The van der Waals surface area contributed by atoms with E-state index in [9.17, 15) is 13.6 Å². The number of carbonyl (C=O) groups excluding carboxylic acids is 1. The van der Waals surface area contributed by atoms with E-state index in [1.165, 1.54) is 19.1 Å². The van der Waals surface area contributed by atoms with Crippen LogP contribution in [0, 0.1) is 11.6 Å². The lowest BCUT2D eigenvalue weighted by Gasteiger charge is -2.18. The molecule has 0 spiro atoms. The zero-order valence-corrected chi connectivity index (χ0v) is 12.9. The van der Waals surface area contributed by atoms with Crippen molar-refractivity contribution in [3.05, 3.63) is 58.1 Å². The van der Waals surface area contributed by atoms with E-state index in [2.05, 4.69) is 15.9 Å². The van der Waals surface area contributed by atoms with Crippen molar-refractivity contribution in [2.75, 3.05) is 19.1 Å². The number of halogens is 3. The van der Waals surface area contributed by atoms with Crippen molar-refractivity contribution >= 4 is 27.5 Å². The third-order valence-corrected chi connectivity index (χ3v) is 3.44. The van der Waals surface area contributed by atoms with Crippen LogP contribution in [0.1, 0.15) is 10.4 Å². The van der Waals surface area contributed by atoms with Gasteiger partial charge in [-0.15, -0.1) is 0 Å². The van der Waals surface area contributed by atoms with Crippen LogP contribution in [0.5, 0.6) is 5.75 Å². The molecular weight excluding hydrogens is 344 g/mol. The first-order valence-corrected chi connectivity index (χ1v) is 6.80. The summed E-state index contributed by atoms with van der Waals surface area (Å²) in [7, 11) is 2.97. The standard InChI is InChI=1S/C15H12BrF2NO2/c1-19(10-3-5-11(21-2)6-4-10)15(20)14-12(17)7-9(16)8-13(14)18/h3-8H,1-2H3. The van der Waals surface area contributed by atoms with Gasteiger partial charge in [0.15, 0.2) is 0 Å². The Morgan fingerprint density at radius 3 is 2.14 bits per heavy atom. The number of nitrogens with zero attached hydrogens (tertiary/aromatic N) is 1. The normalized spacial score (nSPS) is 10.3. The molecule has 0 bridgehead atoms. The summed E-state index contributed by atoms with van der Waals surface area (Å²) in [5.41, 5.74) is -0.0842. The zero-order chi connectivity index (χ0) is 15.6. The lowest BCUT2D eigenvalue weighted by Crippen LogP contribution is -2.28. The quantitative estimate of drug-likeness (QED) is 0.832. The van der Waals surface area contributed by atoms with Crippen molar-refractivity contribution < 1.29 is 18.3 Å². The first-order chi connectivity index (χ1) is 9.93. The number of hydrogen-bond donors (Lipinski definition) is 0. The lowest BCUT2D eigenvalue weighted by molar-refractivity contribution is 0.0985. The van der Waals surface area contributed by atoms with Gasteiger partial charge in [0.25, 0.3) is 5.91 Å². The Morgan fingerprint density at radius 1 is 1.14 bits per heavy atom. The minimum absolute atomic E-state index is 0.237. The molecule has 0 N–H and O–H groups in total. The molecule has 2 rings (SSSR count). The SMILES string of the molecule is COc1ccc(N(C)C(=O)c2c(F)cc(Br)cc2F)cc1. The molecular formula is C15H12BrF2NO2. The summed E-state index contributed by atoms with van der Waals surface area (Å²) in [6, 6.07) is 8.69. The monoisotopic (exact) mass is 355 g/mol. The van der Waals surface area contributed by atoms with Gasteiger partial charge in [-0.05, 0) is 36.4 Å². The molecule has 2 aromatic rings. The Hall–Kier alpha value is -1.95. The van der Waals surface area contributed by atoms with E-state index in [1.54, 1.807) is 24.3 Å². The second-order valence-electron chi connectivity index (χ2n) is 4.31. The molecule has 0 heterocycles. The summed E-state index contributed by atoms with van der Waals surface area (Å²) in [4.78, 5) is 13.4. The van der Waals surface area contributed by atoms with Gasteiger partial charge in [0.05, 0.1) is 7.11 Å². The molecule has 0 aliphatic rings. The van der Waals surface area contributed by atoms with E-state index >= 15 is 0 Å². The van der Waals surface area contributed by atoms with Gasteiger partial charge in [-0.3, -0.25) is 4.79 Å². The second kappa shape index (κ2) is 6.22. The molecule has 0 saturated carbocycles. The van der Waals surface area contributed by atoms with Crippen LogP contribution in [-0.2, 0) is 0 Å². The highest BCUT2D eigenvalue weighted by molar-refractivity contribution is 9.10. The fraction of sp³-hybridized carbons (Fsp3) is 0.133. The summed E-state index contributed by atoms with van der Waals surface area (Å²) < 4.78 is 32.9. The molecule has 1 amide bonds. The Balaban J connectivity index is 2.34. The van der Waals surface area contributed by atoms with Crippen LogP contribution in [0.15, 0.2) is 40.9 Å². The van der Waals surface area contributed by atoms with E-state index in [-0.39, 0.29) is 4.47 Å². The molecule has 0 atom stereocenters. The third kappa shape index (κ3) is 3.21. The van der Waals surface area contributed by atoms with Gasteiger partial charge < -0.3 is 9.64 Å². The van der Waals surface area contributed by atoms with Crippen molar-refractivity contribution in [1.29, 1.82) is 0 Å². The fourth-order valence-electron chi connectivity index (χ4n) is 1.84. The Labute approximate surface area is 129 Å². The van der Waals surface area contributed by atoms with Crippen molar-refractivity contribution in [1.82, 2.24) is 0 Å². The molecule has 2 aromatic carbocycles. The predicted molar refractivity (Wildman–Crippen MR) is 79.8 cm³/mol. The number of ether oxygens (including phenoxy) is 1. The largest absolute Gasteiger partial charge is 0.497 e. The summed E-state index contributed by atoms with van der Waals surface area (Å²) in [6.45, 7) is 0. The van der Waals surface area contributed by atoms with Crippen LogP contribution >= 0.6 is 15.9 Å². The van der Waals surface area contributed by atoms with E-state index in [4.69, 9.17) is 4.74 Å². The van der Waals surface area contributed by atoms with Crippen LogP contribution < -0.4 is 9.64 Å². The number of benzene rings is 2. The maximum Gasteiger partial charge on any atom is 0.263 e. The van der Waals surface area contributed by atoms with Crippen molar-refractivity contribution in [3.63, 3.8) is 0 Å². The number of hydrogen-bond acceptors (Lipinski definition) is 2. The van der Waals surface area contributed by atoms with E-state index in [0.717, 1.165) is 12.1 Å². The number of anilines is 1. The molecule has 0 aromatic heterocycles. The van der Waals surface area contributed by atoms with E-state index in [0.29, 0.717) is 11.4 Å². The summed E-state index contributed by atoms with van der Waals surface area (Å²) in [5, 5.41) is 0. The highest BCUT2D eigenvalue weighted by atomic mass is 79.9. The third-order valence-electron chi connectivity index (χ3n) is 2.99. The lowest BCUT2D eigenvalue weighted by atomic mass is 10.1. The molecule has 0 radical (unpaired) electrons. The predicted octanol–water partition coefficient (Wildman–Crippen LogP) is 4.01. The molecule has 3 nitrogen and oxygen atoms in total. The molecule has 0 aliphatic heterocycles. The fourth-order valence-corrected chi connectivity index (χ4v) is 2.24. The van der Waals surface area contributed by atoms with Gasteiger partial charge >= 0.3 is 0 Å². The van der Waals surface area contributed by atoms with Crippen molar-refractivity contribution in [2.45, 2.75) is 0 Å².